The van der Waals surface area contributed by atoms with Crippen molar-refractivity contribution in [2.75, 3.05) is 29.9 Å². The van der Waals surface area contributed by atoms with Gasteiger partial charge in [-0.1, -0.05) is 15.9 Å². The van der Waals surface area contributed by atoms with Crippen molar-refractivity contribution in [3.8, 4) is 0 Å². The van der Waals surface area contributed by atoms with Crippen LogP contribution in [0.5, 0.6) is 0 Å². The number of rotatable bonds is 2. The molecule has 1 aromatic rings. The van der Waals surface area contributed by atoms with E-state index in [0.717, 1.165) is 35.3 Å². The van der Waals surface area contributed by atoms with Crippen molar-refractivity contribution >= 4 is 33.2 Å². The number of ether oxygens (including phenoxy) is 1. The third kappa shape index (κ3) is 2.24. The predicted octanol–water partition coefficient (Wildman–Crippen LogP) is 2.39. The number of benzene rings is 1. The van der Waals surface area contributed by atoms with E-state index in [0.29, 0.717) is 13.1 Å². The number of anilines is 2. The molecule has 18 heavy (non-hydrogen) atoms. The second kappa shape index (κ2) is 4.90. The maximum absolute atomic E-state index is 12.0. The first kappa shape index (κ1) is 12.0. The second-order valence-corrected chi connectivity index (χ2v) is 5.57. The minimum atomic E-state index is 0.108. The van der Waals surface area contributed by atoms with E-state index in [1.165, 1.54) is 0 Å². The summed E-state index contributed by atoms with van der Waals surface area (Å²) in [5, 5.41) is 3.14. The number of carbonyl (C=O) groups is 1. The summed E-state index contributed by atoms with van der Waals surface area (Å²) in [6, 6.07) is 5.95. The first-order valence-corrected chi connectivity index (χ1v) is 6.99. The van der Waals surface area contributed by atoms with Gasteiger partial charge in [-0.2, -0.15) is 0 Å². The van der Waals surface area contributed by atoms with Gasteiger partial charge in [0.2, 0.25) is 5.91 Å². The van der Waals surface area contributed by atoms with E-state index in [2.05, 4.69) is 21.2 Å². The molecular formula is C13H15BrN2O2. The molecule has 1 amide bonds. The van der Waals surface area contributed by atoms with Gasteiger partial charge in [0, 0.05) is 11.1 Å². The predicted molar refractivity (Wildman–Crippen MR) is 74.0 cm³/mol. The number of amides is 1. The van der Waals surface area contributed by atoms with Crippen LogP contribution in [0.15, 0.2) is 22.7 Å². The van der Waals surface area contributed by atoms with E-state index in [-0.39, 0.29) is 12.0 Å². The molecule has 96 valence electrons. The molecule has 1 N–H and O–H groups in total. The van der Waals surface area contributed by atoms with Crippen LogP contribution in [0.3, 0.4) is 0 Å². The highest BCUT2D eigenvalue weighted by molar-refractivity contribution is 9.10. The first-order chi connectivity index (χ1) is 8.74. The number of nitrogens with zero attached hydrogens (tertiary/aromatic N) is 1. The molecule has 1 atom stereocenters. The molecule has 2 aliphatic heterocycles. The zero-order valence-electron chi connectivity index (χ0n) is 9.99. The molecule has 2 heterocycles. The topological polar surface area (TPSA) is 41.6 Å². The van der Waals surface area contributed by atoms with E-state index < -0.39 is 0 Å². The summed E-state index contributed by atoms with van der Waals surface area (Å²) >= 11 is 3.45. The van der Waals surface area contributed by atoms with E-state index in [4.69, 9.17) is 4.74 Å². The summed E-state index contributed by atoms with van der Waals surface area (Å²) < 4.78 is 6.60. The Hall–Kier alpha value is -1.07. The fourth-order valence-corrected chi connectivity index (χ4v) is 2.82. The Morgan fingerprint density at radius 1 is 1.50 bits per heavy atom. The largest absolute Gasteiger partial charge is 0.376 e. The molecule has 0 bridgehead atoms. The molecule has 1 unspecified atom stereocenters. The lowest BCUT2D eigenvalue weighted by atomic mass is 10.1. The fourth-order valence-electron chi connectivity index (χ4n) is 2.47. The van der Waals surface area contributed by atoms with E-state index in [1.54, 1.807) is 0 Å². The minimum absolute atomic E-state index is 0.108. The number of carbonyl (C=O) groups excluding carboxylic acids is 1. The molecule has 1 aromatic carbocycles. The van der Waals surface area contributed by atoms with Crippen LogP contribution in [0, 0.1) is 0 Å². The third-order valence-corrected chi connectivity index (χ3v) is 3.89. The Balaban J connectivity index is 1.88. The Morgan fingerprint density at radius 3 is 3.17 bits per heavy atom. The molecule has 2 aliphatic rings. The Bertz CT molecular complexity index is 472. The van der Waals surface area contributed by atoms with Crippen molar-refractivity contribution in [1.29, 1.82) is 0 Å². The fraction of sp³-hybridized carbons (Fsp3) is 0.462. The molecule has 0 aliphatic carbocycles. The van der Waals surface area contributed by atoms with Crippen LogP contribution in [-0.2, 0) is 9.53 Å². The normalized spacial score (nSPS) is 22.8. The molecule has 0 saturated carbocycles. The van der Waals surface area contributed by atoms with Crippen molar-refractivity contribution in [3.63, 3.8) is 0 Å². The highest BCUT2D eigenvalue weighted by Gasteiger charge is 2.28. The van der Waals surface area contributed by atoms with Crippen LogP contribution >= 0.6 is 15.9 Å². The van der Waals surface area contributed by atoms with Crippen LogP contribution in [0.1, 0.15) is 12.8 Å². The molecule has 1 fully saturated rings. The molecule has 0 aromatic heterocycles. The zero-order valence-corrected chi connectivity index (χ0v) is 11.6. The number of fused-ring (bicyclic) bond motifs is 1. The van der Waals surface area contributed by atoms with Gasteiger partial charge in [0.05, 0.1) is 30.6 Å². The van der Waals surface area contributed by atoms with Crippen molar-refractivity contribution in [1.82, 2.24) is 0 Å². The van der Waals surface area contributed by atoms with Gasteiger partial charge in [0.1, 0.15) is 0 Å². The van der Waals surface area contributed by atoms with Gasteiger partial charge < -0.3 is 15.0 Å². The maximum atomic E-state index is 12.0. The average molecular weight is 311 g/mol. The Morgan fingerprint density at radius 2 is 2.39 bits per heavy atom. The summed E-state index contributed by atoms with van der Waals surface area (Å²) in [6.07, 6.45) is 2.32. The van der Waals surface area contributed by atoms with Gasteiger partial charge in [0.15, 0.2) is 0 Å². The van der Waals surface area contributed by atoms with Crippen LogP contribution in [-0.4, -0.2) is 31.7 Å². The summed E-state index contributed by atoms with van der Waals surface area (Å²) in [6.45, 7) is 1.83. The zero-order chi connectivity index (χ0) is 12.5. The number of nitrogens with one attached hydrogen (secondary N) is 1. The first-order valence-electron chi connectivity index (χ1n) is 6.19. The Kier molecular flexibility index (Phi) is 3.26. The summed E-state index contributed by atoms with van der Waals surface area (Å²) in [7, 11) is 0. The van der Waals surface area contributed by atoms with Crippen molar-refractivity contribution in [3.05, 3.63) is 22.7 Å². The lowest BCUT2D eigenvalue weighted by molar-refractivity contribution is -0.117. The standard InChI is InChI=1S/C13H15BrN2O2/c14-9-3-4-11-12(6-9)16(13(17)7-15-11)8-10-2-1-5-18-10/h3-4,6,10,15H,1-2,5,7-8H2. The molecule has 5 heteroatoms. The molecule has 0 spiro atoms. The summed E-state index contributed by atoms with van der Waals surface area (Å²) in [5.74, 6) is 0.108. The van der Waals surface area contributed by atoms with E-state index in [9.17, 15) is 4.79 Å². The lowest BCUT2D eigenvalue weighted by Gasteiger charge is -2.32. The Labute approximate surface area is 114 Å². The van der Waals surface area contributed by atoms with Crippen molar-refractivity contribution in [2.24, 2.45) is 0 Å². The van der Waals surface area contributed by atoms with Gasteiger partial charge in [-0.25, -0.2) is 0 Å². The highest BCUT2D eigenvalue weighted by atomic mass is 79.9. The van der Waals surface area contributed by atoms with Crippen LogP contribution < -0.4 is 10.2 Å². The number of halogens is 1. The lowest BCUT2D eigenvalue weighted by Crippen LogP contribution is -2.43. The SMILES string of the molecule is O=C1CNc2ccc(Br)cc2N1CC1CCCO1. The van der Waals surface area contributed by atoms with Gasteiger partial charge >= 0.3 is 0 Å². The molecule has 3 rings (SSSR count). The smallest absolute Gasteiger partial charge is 0.246 e. The third-order valence-electron chi connectivity index (χ3n) is 3.39. The monoisotopic (exact) mass is 310 g/mol. The second-order valence-electron chi connectivity index (χ2n) is 4.65. The van der Waals surface area contributed by atoms with Crippen LogP contribution in [0.25, 0.3) is 0 Å². The van der Waals surface area contributed by atoms with E-state index in [1.807, 2.05) is 23.1 Å². The van der Waals surface area contributed by atoms with Gasteiger partial charge in [-0.3, -0.25) is 4.79 Å². The molecular weight excluding hydrogens is 296 g/mol. The highest BCUT2D eigenvalue weighted by Crippen LogP contribution is 2.33. The maximum Gasteiger partial charge on any atom is 0.246 e. The molecule has 4 nitrogen and oxygen atoms in total. The van der Waals surface area contributed by atoms with Crippen molar-refractivity contribution in [2.45, 2.75) is 18.9 Å². The van der Waals surface area contributed by atoms with Gasteiger partial charge in [0.25, 0.3) is 0 Å². The summed E-state index contributed by atoms with van der Waals surface area (Å²) in [5.41, 5.74) is 1.95. The van der Waals surface area contributed by atoms with Crippen LogP contribution in [0.2, 0.25) is 0 Å². The number of hydrogen-bond donors (Lipinski definition) is 1. The minimum Gasteiger partial charge on any atom is -0.376 e. The molecule has 0 radical (unpaired) electrons. The van der Waals surface area contributed by atoms with E-state index >= 15 is 0 Å². The number of hydrogen-bond acceptors (Lipinski definition) is 3. The summed E-state index contributed by atoms with van der Waals surface area (Å²) in [4.78, 5) is 13.9. The van der Waals surface area contributed by atoms with Gasteiger partial charge in [-0.05, 0) is 31.0 Å². The van der Waals surface area contributed by atoms with Crippen molar-refractivity contribution < 1.29 is 9.53 Å². The van der Waals surface area contributed by atoms with Gasteiger partial charge in [-0.15, -0.1) is 0 Å². The quantitative estimate of drug-likeness (QED) is 0.912. The molecule has 1 saturated heterocycles. The average Bonchev–Trinajstić information content (AvgIpc) is 2.86. The van der Waals surface area contributed by atoms with Crippen LogP contribution in [0.4, 0.5) is 11.4 Å².